The number of anilines is 1. The fourth-order valence-electron chi connectivity index (χ4n) is 2.09. The third-order valence-electron chi connectivity index (χ3n) is 3.24. The average Bonchev–Trinajstić information content (AvgIpc) is 2.41. The monoisotopic (exact) mass is 355 g/mol. The summed E-state index contributed by atoms with van der Waals surface area (Å²) in [6.07, 6.45) is 0.849. The summed E-state index contributed by atoms with van der Waals surface area (Å²) in [4.78, 5) is 0. The second-order valence-corrected chi connectivity index (χ2v) is 6.00. The van der Waals surface area contributed by atoms with Crippen LogP contribution in [0.4, 0.5) is 10.1 Å². The van der Waals surface area contributed by atoms with Crippen LogP contribution in [0.2, 0.25) is 5.02 Å². The standard InChI is InChI=1S/C16H16BrClFN/c1-3-15(11-5-4-6-12(19)8-11)20-16-9-14(18)10(2)7-13(16)17/h4-9,15,20H,3H2,1-2H3. The van der Waals surface area contributed by atoms with Crippen LogP contribution in [0, 0.1) is 12.7 Å². The molecule has 2 aromatic carbocycles. The van der Waals surface area contributed by atoms with Gasteiger partial charge in [0, 0.05) is 9.50 Å². The van der Waals surface area contributed by atoms with E-state index in [0.717, 1.165) is 27.7 Å². The van der Waals surface area contributed by atoms with E-state index < -0.39 is 0 Å². The van der Waals surface area contributed by atoms with E-state index in [0.29, 0.717) is 5.02 Å². The molecule has 0 heterocycles. The van der Waals surface area contributed by atoms with Crippen LogP contribution in [0.1, 0.15) is 30.5 Å². The zero-order valence-corrected chi connectivity index (χ0v) is 13.7. The molecule has 1 unspecified atom stereocenters. The van der Waals surface area contributed by atoms with Crippen LogP contribution in [0.15, 0.2) is 40.9 Å². The molecular formula is C16H16BrClFN. The minimum atomic E-state index is -0.219. The van der Waals surface area contributed by atoms with Gasteiger partial charge in [-0.25, -0.2) is 4.39 Å². The first-order valence-electron chi connectivity index (χ1n) is 6.49. The van der Waals surface area contributed by atoms with Crippen molar-refractivity contribution < 1.29 is 4.39 Å². The topological polar surface area (TPSA) is 12.0 Å². The second kappa shape index (κ2) is 6.59. The molecule has 0 aliphatic carbocycles. The van der Waals surface area contributed by atoms with Crippen LogP contribution in [0.25, 0.3) is 0 Å². The van der Waals surface area contributed by atoms with E-state index in [1.807, 2.05) is 25.1 Å². The van der Waals surface area contributed by atoms with Gasteiger partial charge in [0.1, 0.15) is 5.82 Å². The maximum Gasteiger partial charge on any atom is 0.123 e. The summed E-state index contributed by atoms with van der Waals surface area (Å²) in [6, 6.07) is 10.6. The third-order valence-corrected chi connectivity index (χ3v) is 4.30. The summed E-state index contributed by atoms with van der Waals surface area (Å²) in [5.41, 5.74) is 2.86. The Morgan fingerprint density at radius 2 is 2.05 bits per heavy atom. The van der Waals surface area contributed by atoms with Gasteiger partial charge in [-0.3, -0.25) is 0 Å². The fourth-order valence-corrected chi connectivity index (χ4v) is 2.82. The number of aryl methyl sites for hydroxylation is 1. The molecule has 1 N–H and O–H groups in total. The van der Waals surface area contributed by atoms with Gasteiger partial charge in [0.25, 0.3) is 0 Å². The Kier molecular flexibility index (Phi) is 5.06. The zero-order valence-electron chi connectivity index (χ0n) is 11.4. The molecular weight excluding hydrogens is 341 g/mol. The van der Waals surface area contributed by atoms with Crippen LogP contribution >= 0.6 is 27.5 Å². The van der Waals surface area contributed by atoms with E-state index in [1.54, 1.807) is 12.1 Å². The van der Waals surface area contributed by atoms with Crippen LogP contribution in [-0.4, -0.2) is 0 Å². The Labute approximate surface area is 132 Å². The van der Waals surface area contributed by atoms with Gasteiger partial charge in [-0.15, -0.1) is 0 Å². The van der Waals surface area contributed by atoms with Gasteiger partial charge in [0.2, 0.25) is 0 Å². The number of benzene rings is 2. The summed E-state index contributed by atoms with van der Waals surface area (Å²) >= 11 is 9.69. The number of halogens is 3. The van der Waals surface area contributed by atoms with Crippen molar-refractivity contribution >= 4 is 33.2 Å². The molecule has 0 fully saturated rings. The predicted molar refractivity (Wildman–Crippen MR) is 86.9 cm³/mol. The maximum atomic E-state index is 13.3. The zero-order chi connectivity index (χ0) is 14.7. The molecule has 0 aliphatic rings. The predicted octanol–water partition coefficient (Wildman–Crippen LogP) is 6.11. The molecule has 1 atom stereocenters. The van der Waals surface area contributed by atoms with Gasteiger partial charge >= 0.3 is 0 Å². The van der Waals surface area contributed by atoms with Crippen molar-refractivity contribution in [2.45, 2.75) is 26.3 Å². The highest BCUT2D eigenvalue weighted by Gasteiger charge is 2.12. The van der Waals surface area contributed by atoms with Gasteiger partial charge in [-0.05, 0) is 64.7 Å². The summed E-state index contributed by atoms with van der Waals surface area (Å²) in [5, 5.41) is 4.12. The van der Waals surface area contributed by atoms with E-state index >= 15 is 0 Å². The van der Waals surface area contributed by atoms with Gasteiger partial charge in [0.15, 0.2) is 0 Å². The number of hydrogen-bond acceptors (Lipinski definition) is 1. The Hall–Kier alpha value is -1.06. The molecule has 0 spiro atoms. The first-order valence-corrected chi connectivity index (χ1v) is 7.66. The molecule has 0 saturated heterocycles. The van der Waals surface area contributed by atoms with Gasteiger partial charge in [0.05, 0.1) is 11.7 Å². The Balaban J connectivity index is 2.29. The molecule has 0 amide bonds. The highest BCUT2D eigenvalue weighted by molar-refractivity contribution is 9.10. The van der Waals surface area contributed by atoms with E-state index in [4.69, 9.17) is 11.6 Å². The first-order chi connectivity index (χ1) is 9.51. The molecule has 0 bridgehead atoms. The molecule has 2 aromatic rings. The molecule has 0 aromatic heterocycles. The highest BCUT2D eigenvalue weighted by atomic mass is 79.9. The fraction of sp³-hybridized carbons (Fsp3) is 0.250. The lowest BCUT2D eigenvalue weighted by molar-refractivity contribution is 0.621. The van der Waals surface area contributed by atoms with Crippen LogP contribution in [0.5, 0.6) is 0 Å². The van der Waals surface area contributed by atoms with Crippen molar-refractivity contribution in [2.75, 3.05) is 5.32 Å². The third kappa shape index (κ3) is 3.53. The van der Waals surface area contributed by atoms with Crippen LogP contribution in [0.3, 0.4) is 0 Å². The minimum Gasteiger partial charge on any atom is -0.377 e. The highest BCUT2D eigenvalue weighted by Crippen LogP contribution is 2.32. The van der Waals surface area contributed by atoms with Crippen molar-refractivity contribution in [1.82, 2.24) is 0 Å². The van der Waals surface area contributed by atoms with Gasteiger partial charge < -0.3 is 5.32 Å². The van der Waals surface area contributed by atoms with Crippen molar-refractivity contribution in [1.29, 1.82) is 0 Å². The van der Waals surface area contributed by atoms with E-state index in [1.165, 1.54) is 6.07 Å². The molecule has 1 nitrogen and oxygen atoms in total. The Bertz CT molecular complexity index is 615. The average molecular weight is 357 g/mol. The van der Waals surface area contributed by atoms with Crippen molar-refractivity contribution in [2.24, 2.45) is 0 Å². The summed E-state index contributed by atoms with van der Waals surface area (Å²) in [6.45, 7) is 4.02. The Morgan fingerprint density at radius 1 is 1.30 bits per heavy atom. The van der Waals surface area contributed by atoms with E-state index in [9.17, 15) is 4.39 Å². The largest absolute Gasteiger partial charge is 0.377 e. The van der Waals surface area contributed by atoms with Crippen LogP contribution < -0.4 is 5.32 Å². The lowest BCUT2D eigenvalue weighted by Crippen LogP contribution is -2.10. The van der Waals surface area contributed by atoms with E-state index in [2.05, 4.69) is 28.2 Å². The van der Waals surface area contributed by atoms with Gasteiger partial charge in [-0.1, -0.05) is 30.7 Å². The Morgan fingerprint density at radius 3 is 2.70 bits per heavy atom. The summed E-state index contributed by atoms with van der Waals surface area (Å²) in [7, 11) is 0. The molecule has 0 saturated carbocycles. The van der Waals surface area contributed by atoms with Gasteiger partial charge in [-0.2, -0.15) is 0 Å². The number of nitrogens with one attached hydrogen (secondary N) is 1. The normalized spacial score (nSPS) is 12.2. The molecule has 0 radical (unpaired) electrons. The molecule has 0 aliphatic heterocycles. The summed E-state index contributed by atoms with van der Waals surface area (Å²) in [5.74, 6) is -0.219. The molecule has 2 rings (SSSR count). The first kappa shape index (κ1) is 15.3. The van der Waals surface area contributed by atoms with Crippen molar-refractivity contribution in [3.63, 3.8) is 0 Å². The van der Waals surface area contributed by atoms with E-state index in [-0.39, 0.29) is 11.9 Å². The second-order valence-electron chi connectivity index (χ2n) is 4.74. The molecule has 4 heteroatoms. The van der Waals surface area contributed by atoms with Crippen molar-refractivity contribution in [3.8, 4) is 0 Å². The van der Waals surface area contributed by atoms with Crippen LogP contribution in [-0.2, 0) is 0 Å². The SMILES string of the molecule is CCC(Nc1cc(Cl)c(C)cc1Br)c1cccc(F)c1. The lowest BCUT2D eigenvalue weighted by Gasteiger charge is -2.20. The number of hydrogen-bond donors (Lipinski definition) is 1. The lowest BCUT2D eigenvalue weighted by atomic mass is 10.0. The summed E-state index contributed by atoms with van der Waals surface area (Å²) < 4.78 is 14.3. The molecule has 106 valence electrons. The minimum absolute atomic E-state index is 0.0424. The maximum absolute atomic E-state index is 13.3. The molecule has 20 heavy (non-hydrogen) atoms. The quantitative estimate of drug-likeness (QED) is 0.696. The number of rotatable bonds is 4. The van der Waals surface area contributed by atoms with Crippen molar-refractivity contribution in [3.05, 3.63) is 62.8 Å². The smallest absolute Gasteiger partial charge is 0.123 e.